The molecular formula is C63H87N. The zero-order valence-corrected chi connectivity index (χ0v) is 43.1. The lowest BCUT2D eigenvalue weighted by Crippen LogP contribution is -2.46. The van der Waals surface area contributed by atoms with E-state index in [1.165, 1.54) is 114 Å². The lowest BCUT2D eigenvalue weighted by molar-refractivity contribution is 0.119. The Bertz CT molecular complexity index is 2260. The van der Waals surface area contributed by atoms with Crippen LogP contribution in [0.5, 0.6) is 0 Å². The third-order valence-electron chi connectivity index (χ3n) is 17.9. The van der Waals surface area contributed by atoms with E-state index in [0.29, 0.717) is 5.92 Å². The molecular weight excluding hydrogens is 771 g/mol. The van der Waals surface area contributed by atoms with Crippen LogP contribution in [0.4, 0.5) is 17.1 Å². The molecule has 344 valence electrons. The molecule has 5 aromatic carbocycles. The molecule has 6 rings (SSSR count). The van der Waals surface area contributed by atoms with Gasteiger partial charge in [-0.2, -0.15) is 0 Å². The van der Waals surface area contributed by atoms with Crippen LogP contribution in [0.1, 0.15) is 200 Å². The number of fused-ring (bicyclic) bond motifs is 1. The molecule has 0 aromatic heterocycles. The number of benzene rings is 5. The zero-order chi connectivity index (χ0) is 46.6. The highest BCUT2D eigenvalue weighted by molar-refractivity contribution is 5.78. The van der Waals surface area contributed by atoms with Gasteiger partial charge in [0.1, 0.15) is 0 Å². The van der Waals surface area contributed by atoms with Gasteiger partial charge in [-0.1, -0.05) is 220 Å². The SMILES string of the molecule is CCCCCC(C)(c1ccc(N(c2ccc(C(C)(CCCC)C(CC)C(C)(C)C)cc2)c2ccc3c(c2)CC3)cc1)C(C)(CC)c1cccc(C(C)(CC)C(C)(C)c2ccccc2)c1. The monoisotopic (exact) mass is 858 g/mol. The first-order chi connectivity index (χ1) is 30.4. The van der Waals surface area contributed by atoms with Crippen LogP contribution in [0.3, 0.4) is 0 Å². The van der Waals surface area contributed by atoms with E-state index >= 15 is 0 Å². The van der Waals surface area contributed by atoms with E-state index in [0.717, 1.165) is 19.3 Å². The molecule has 0 spiro atoms. The predicted molar refractivity (Wildman–Crippen MR) is 281 cm³/mol. The molecule has 5 unspecified atom stereocenters. The average Bonchev–Trinajstić information content (AvgIpc) is 3.29. The Morgan fingerprint density at radius 2 is 0.969 bits per heavy atom. The van der Waals surface area contributed by atoms with Crippen molar-refractivity contribution in [3.05, 3.63) is 160 Å². The maximum absolute atomic E-state index is 2.61. The van der Waals surface area contributed by atoms with Crippen LogP contribution < -0.4 is 4.90 Å². The van der Waals surface area contributed by atoms with Crippen LogP contribution in [0.2, 0.25) is 0 Å². The smallest absolute Gasteiger partial charge is 0.0464 e. The summed E-state index contributed by atoms with van der Waals surface area (Å²) < 4.78 is 0. The summed E-state index contributed by atoms with van der Waals surface area (Å²) in [5.74, 6) is 0.592. The topological polar surface area (TPSA) is 3.24 Å². The summed E-state index contributed by atoms with van der Waals surface area (Å²) in [4.78, 5) is 2.52. The molecule has 1 heteroatoms. The quantitative estimate of drug-likeness (QED) is 0.0665. The molecule has 64 heavy (non-hydrogen) atoms. The molecule has 1 nitrogen and oxygen atoms in total. The molecule has 0 N–H and O–H groups in total. The first-order valence-corrected chi connectivity index (χ1v) is 25.7. The van der Waals surface area contributed by atoms with Crippen molar-refractivity contribution < 1.29 is 0 Å². The van der Waals surface area contributed by atoms with Crippen LogP contribution in [-0.4, -0.2) is 0 Å². The van der Waals surface area contributed by atoms with E-state index in [1.54, 1.807) is 0 Å². The second kappa shape index (κ2) is 19.8. The minimum atomic E-state index is -0.0884. The lowest BCUT2D eigenvalue weighted by atomic mass is 9.54. The second-order valence-electron chi connectivity index (χ2n) is 22.5. The zero-order valence-electron chi connectivity index (χ0n) is 43.1. The number of rotatable bonds is 21. The highest BCUT2D eigenvalue weighted by Crippen LogP contribution is 2.53. The molecule has 0 saturated carbocycles. The number of hydrogen-bond donors (Lipinski definition) is 0. The van der Waals surface area contributed by atoms with E-state index < -0.39 is 0 Å². The van der Waals surface area contributed by atoms with Gasteiger partial charge >= 0.3 is 0 Å². The lowest BCUT2D eigenvalue weighted by Gasteiger charge is -2.49. The van der Waals surface area contributed by atoms with Crippen molar-refractivity contribution >= 4 is 17.1 Å². The van der Waals surface area contributed by atoms with Crippen molar-refractivity contribution in [2.75, 3.05) is 4.90 Å². The Morgan fingerprint density at radius 3 is 1.47 bits per heavy atom. The molecule has 1 aliphatic rings. The second-order valence-corrected chi connectivity index (χ2v) is 22.5. The maximum Gasteiger partial charge on any atom is 0.0464 e. The van der Waals surface area contributed by atoms with Crippen molar-refractivity contribution in [3.8, 4) is 0 Å². The fraction of sp³-hybridized carbons (Fsp3) is 0.524. The highest BCUT2D eigenvalue weighted by Gasteiger charge is 2.47. The minimum absolute atomic E-state index is 0.0437. The van der Waals surface area contributed by atoms with E-state index in [-0.39, 0.29) is 32.5 Å². The van der Waals surface area contributed by atoms with Gasteiger partial charge in [-0.15, -0.1) is 0 Å². The van der Waals surface area contributed by atoms with Crippen molar-refractivity contribution in [2.24, 2.45) is 11.3 Å². The standard InChI is InChI=1S/C63H87N/c1-15-20-25-44-63(14,62(13,19-5)53-30-26-29-52(46-53)61(12,18-4)59(9,10)49-27-23-22-24-28-49)51-36-41-55(42-37-51)64(56-38-33-47-31-32-48(47)45-56)54-39-34-50(35-40-54)60(11,43-21-16-2)57(17-3)58(6,7)8/h22-24,26-30,33-42,45-46,57H,15-21,25,31-32,43-44H2,1-14H3. The van der Waals surface area contributed by atoms with Gasteiger partial charge in [0.15, 0.2) is 0 Å². The average molecular weight is 858 g/mol. The van der Waals surface area contributed by atoms with E-state index in [2.05, 4.69) is 223 Å². The van der Waals surface area contributed by atoms with Crippen LogP contribution in [0, 0.1) is 11.3 Å². The number of hydrogen-bond acceptors (Lipinski definition) is 1. The van der Waals surface area contributed by atoms with Gasteiger partial charge in [0.05, 0.1) is 0 Å². The predicted octanol–water partition coefficient (Wildman–Crippen LogP) is 18.6. The molecule has 1 aliphatic carbocycles. The van der Waals surface area contributed by atoms with Gasteiger partial charge in [-0.05, 0) is 136 Å². The number of unbranched alkanes of at least 4 members (excludes halogenated alkanes) is 3. The molecule has 0 saturated heterocycles. The molecule has 0 amide bonds. The number of anilines is 3. The molecule has 0 radical (unpaired) electrons. The summed E-state index contributed by atoms with van der Waals surface area (Å²) in [5, 5.41) is 0. The van der Waals surface area contributed by atoms with Gasteiger partial charge in [0.2, 0.25) is 0 Å². The van der Waals surface area contributed by atoms with Crippen LogP contribution in [-0.2, 0) is 39.9 Å². The van der Waals surface area contributed by atoms with Crippen molar-refractivity contribution in [3.63, 3.8) is 0 Å². The van der Waals surface area contributed by atoms with Crippen molar-refractivity contribution in [1.82, 2.24) is 0 Å². The molecule has 5 aromatic rings. The van der Waals surface area contributed by atoms with Gasteiger partial charge in [0.25, 0.3) is 0 Å². The fourth-order valence-corrected chi connectivity index (χ4v) is 12.6. The van der Waals surface area contributed by atoms with Gasteiger partial charge in [-0.3, -0.25) is 0 Å². The van der Waals surface area contributed by atoms with Crippen LogP contribution >= 0.6 is 0 Å². The Balaban J connectivity index is 1.43. The first-order valence-electron chi connectivity index (χ1n) is 25.7. The third-order valence-corrected chi connectivity index (χ3v) is 17.9. The molecule has 0 aliphatic heterocycles. The Labute approximate surface area is 392 Å². The Kier molecular flexibility index (Phi) is 15.3. The summed E-state index contributed by atoms with van der Waals surface area (Å²) >= 11 is 0. The van der Waals surface area contributed by atoms with Crippen molar-refractivity contribution in [1.29, 1.82) is 0 Å². The van der Waals surface area contributed by atoms with Crippen LogP contribution in [0.25, 0.3) is 0 Å². The molecule has 0 heterocycles. The van der Waals surface area contributed by atoms with Crippen molar-refractivity contribution in [2.45, 2.75) is 201 Å². The maximum atomic E-state index is 2.61. The number of nitrogens with zero attached hydrogens (tertiary/aromatic N) is 1. The Hall–Kier alpha value is -4.10. The minimum Gasteiger partial charge on any atom is -0.310 e. The highest BCUT2D eigenvalue weighted by atomic mass is 15.1. The number of aryl methyl sites for hydroxylation is 2. The van der Waals surface area contributed by atoms with Gasteiger partial charge in [0, 0.05) is 33.3 Å². The molecule has 0 bridgehead atoms. The van der Waals surface area contributed by atoms with E-state index in [1.807, 2.05) is 0 Å². The fourth-order valence-electron chi connectivity index (χ4n) is 12.6. The Morgan fingerprint density at radius 1 is 0.438 bits per heavy atom. The largest absolute Gasteiger partial charge is 0.310 e. The normalized spacial score (nSPS) is 17.2. The summed E-state index contributed by atoms with van der Waals surface area (Å²) in [6.45, 7) is 34.3. The summed E-state index contributed by atoms with van der Waals surface area (Å²) in [6, 6.07) is 47.8. The molecule has 5 atom stereocenters. The third kappa shape index (κ3) is 9.18. The summed E-state index contributed by atoms with van der Waals surface area (Å²) in [6.07, 6.45) is 14.2. The van der Waals surface area contributed by atoms with Gasteiger partial charge in [-0.25, -0.2) is 0 Å². The van der Waals surface area contributed by atoms with Crippen LogP contribution in [0.15, 0.2) is 121 Å². The van der Waals surface area contributed by atoms with E-state index in [9.17, 15) is 0 Å². The summed E-state index contributed by atoms with van der Waals surface area (Å²) in [5.41, 5.74) is 14.0. The van der Waals surface area contributed by atoms with Gasteiger partial charge < -0.3 is 4.90 Å². The van der Waals surface area contributed by atoms with E-state index in [4.69, 9.17) is 0 Å². The molecule has 0 fully saturated rings. The summed E-state index contributed by atoms with van der Waals surface area (Å²) in [7, 11) is 0. The first kappa shape index (κ1) is 49.3.